The fourth-order valence-electron chi connectivity index (χ4n) is 1.32. The molecule has 0 unspecified atom stereocenters. The Morgan fingerprint density at radius 2 is 2.27 bits per heavy atom. The predicted molar refractivity (Wildman–Crippen MR) is 58.6 cm³/mol. The first-order valence-electron chi connectivity index (χ1n) is 4.20. The minimum absolute atomic E-state index is 0.397. The van der Waals surface area contributed by atoms with E-state index < -0.39 is 5.97 Å². The van der Waals surface area contributed by atoms with Crippen LogP contribution in [-0.2, 0) is 4.74 Å². The number of hydrogen-bond acceptors (Lipinski definition) is 4. The summed E-state index contributed by atoms with van der Waals surface area (Å²) in [5.41, 5.74) is 1.03. The smallest absolute Gasteiger partial charge is 0.340 e. The van der Waals surface area contributed by atoms with Gasteiger partial charge in [0.25, 0.3) is 0 Å². The van der Waals surface area contributed by atoms with Crippen LogP contribution in [0.1, 0.15) is 10.4 Å². The second-order valence-electron chi connectivity index (χ2n) is 2.87. The lowest BCUT2D eigenvalue weighted by atomic mass is 10.1. The summed E-state index contributed by atoms with van der Waals surface area (Å²) in [6, 6.07) is 3.45. The highest BCUT2D eigenvalue weighted by Gasteiger charge is 2.12. The fraction of sp³-hybridized carbons (Fsp3) is 0.100. The second kappa shape index (κ2) is 3.94. The Labute approximate surface area is 94.4 Å². The number of carbonyl (C=O) groups is 1. The second-order valence-corrected chi connectivity index (χ2v) is 3.73. The lowest BCUT2D eigenvalue weighted by molar-refractivity contribution is 0.0603. The quantitative estimate of drug-likeness (QED) is 0.743. The van der Waals surface area contributed by atoms with Crippen LogP contribution in [0.15, 0.2) is 29.1 Å². The molecule has 0 aliphatic carbocycles. The molecule has 2 aromatic rings. The zero-order valence-electron chi connectivity index (χ0n) is 7.90. The molecule has 0 aliphatic heterocycles. The normalized spacial score (nSPS) is 10.3. The van der Waals surface area contributed by atoms with E-state index in [1.165, 1.54) is 13.4 Å². The number of carbonyl (C=O) groups excluding carboxylic acids is 1. The minimum atomic E-state index is -0.397. The molecule has 0 aliphatic rings. The van der Waals surface area contributed by atoms with Crippen molar-refractivity contribution in [2.45, 2.75) is 0 Å². The Morgan fingerprint density at radius 3 is 3.00 bits per heavy atom. The van der Waals surface area contributed by atoms with Crippen molar-refractivity contribution in [1.82, 2.24) is 9.97 Å². The Balaban J connectivity index is 2.77. The van der Waals surface area contributed by atoms with Crippen LogP contribution >= 0.6 is 15.9 Å². The van der Waals surface area contributed by atoms with Gasteiger partial charge in [-0.15, -0.1) is 0 Å². The number of fused-ring (bicyclic) bond motifs is 1. The maximum atomic E-state index is 11.4. The maximum Gasteiger partial charge on any atom is 0.340 e. The van der Waals surface area contributed by atoms with Gasteiger partial charge in [0.15, 0.2) is 0 Å². The van der Waals surface area contributed by atoms with Gasteiger partial charge < -0.3 is 4.74 Å². The molecule has 0 N–H and O–H groups in total. The number of methoxy groups -OCH3 is 1. The topological polar surface area (TPSA) is 52.1 Å². The molecule has 1 aromatic heterocycles. The van der Waals surface area contributed by atoms with Gasteiger partial charge in [0, 0.05) is 16.1 Å². The van der Waals surface area contributed by atoms with Gasteiger partial charge >= 0.3 is 5.97 Å². The van der Waals surface area contributed by atoms with Gasteiger partial charge in [0.05, 0.1) is 18.2 Å². The van der Waals surface area contributed by atoms with Crippen molar-refractivity contribution in [3.63, 3.8) is 0 Å². The highest BCUT2D eigenvalue weighted by Crippen LogP contribution is 2.24. The van der Waals surface area contributed by atoms with Crippen molar-refractivity contribution in [3.8, 4) is 0 Å². The molecule has 0 atom stereocenters. The maximum absolute atomic E-state index is 11.4. The summed E-state index contributed by atoms with van der Waals surface area (Å²) in [5.74, 6) is -0.397. The van der Waals surface area contributed by atoms with E-state index in [1.54, 1.807) is 18.3 Å². The SMILES string of the molecule is COC(=O)c1ccc(Br)c2cncnc12. The Bertz CT molecular complexity index is 528. The number of ether oxygens (including phenoxy) is 1. The summed E-state index contributed by atoms with van der Waals surface area (Å²) in [6.07, 6.45) is 3.06. The first-order valence-corrected chi connectivity index (χ1v) is 5.00. The average Bonchev–Trinajstić information content (AvgIpc) is 2.29. The van der Waals surface area contributed by atoms with Crippen molar-refractivity contribution in [1.29, 1.82) is 0 Å². The lowest BCUT2D eigenvalue weighted by Gasteiger charge is -2.04. The largest absolute Gasteiger partial charge is 0.465 e. The van der Waals surface area contributed by atoms with Crippen molar-refractivity contribution in [3.05, 3.63) is 34.7 Å². The van der Waals surface area contributed by atoms with Gasteiger partial charge in [-0.2, -0.15) is 0 Å². The average molecular weight is 267 g/mol. The number of halogens is 1. The summed E-state index contributed by atoms with van der Waals surface area (Å²) < 4.78 is 5.52. The van der Waals surface area contributed by atoms with Gasteiger partial charge in [-0.25, -0.2) is 14.8 Å². The van der Waals surface area contributed by atoms with Crippen molar-refractivity contribution in [2.24, 2.45) is 0 Å². The predicted octanol–water partition coefficient (Wildman–Crippen LogP) is 2.18. The van der Waals surface area contributed by atoms with Crippen LogP contribution in [0.5, 0.6) is 0 Å². The fourth-order valence-corrected chi connectivity index (χ4v) is 1.74. The van der Waals surface area contributed by atoms with Gasteiger partial charge in [0.1, 0.15) is 6.33 Å². The van der Waals surface area contributed by atoms with Gasteiger partial charge in [-0.05, 0) is 12.1 Å². The molecule has 2 rings (SSSR count). The van der Waals surface area contributed by atoms with Crippen LogP contribution in [-0.4, -0.2) is 23.0 Å². The van der Waals surface area contributed by atoms with Crippen molar-refractivity contribution in [2.75, 3.05) is 7.11 Å². The van der Waals surface area contributed by atoms with E-state index >= 15 is 0 Å². The number of rotatable bonds is 1. The number of aromatic nitrogens is 2. The lowest BCUT2D eigenvalue weighted by Crippen LogP contribution is -2.03. The molecule has 4 nitrogen and oxygen atoms in total. The molecule has 1 aromatic carbocycles. The van der Waals surface area contributed by atoms with Crippen LogP contribution in [0.25, 0.3) is 10.9 Å². The highest BCUT2D eigenvalue weighted by molar-refractivity contribution is 9.10. The molecular formula is C10H7BrN2O2. The number of benzene rings is 1. The molecule has 5 heteroatoms. The number of esters is 1. The molecule has 0 bridgehead atoms. The van der Waals surface area contributed by atoms with E-state index in [-0.39, 0.29) is 0 Å². The number of hydrogen-bond donors (Lipinski definition) is 0. The third-order valence-corrected chi connectivity index (χ3v) is 2.72. The third-order valence-electron chi connectivity index (χ3n) is 2.03. The van der Waals surface area contributed by atoms with E-state index in [0.717, 1.165) is 9.86 Å². The Hall–Kier alpha value is -1.49. The Kier molecular flexibility index (Phi) is 2.64. The molecule has 0 radical (unpaired) electrons. The van der Waals surface area contributed by atoms with E-state index in [9.17, 15) is 4.79 Å². The van der Waals surface area contributed by atoms with Crippen LogP contribution < -0.4 is 0 Å². The third kappa shape index (κ3) is 1.70. The van der Waals surface area contributed by atoms with Gasteiger partial charge in [-0.3, -0.25) is 0 Å². The van der Waals surface area contributed by atoms with E-state index in [1.807, 2.05) is 0 Å². The summed E-state index contributed by atoms with van der Waals surface area (Å²) >= 11 is 3.37. The van der Waals surface area contributed by atoms with E-state index in [2.05, 4.69) is 30.6 Å². The van der Waals surface area contributed by atoms with Crippen molar-refractivity contribution >= 4 is 32.8 Å². The molecule has 0 saturated heterocycles. The molecule has 0 spiro atoms. The standard InChI is InChI=1S/C10H7BrN2O2/c1-15-10(14)6-2-3-8(11)7-4-12-5-13-9(6)7/h2-5H,1H3. The molecule has 76 valence electrons. The van der Waals surface area contributed by atoms with Crippen LogP contribution in [0.2, 0.25) is 0 Å². The van der Waals surface area contributed by atoms with E-state index in [4.69, 9.17) is 0 Å². The first-order chi connectivity index (χ1) is 7.24. The zero-order chi connectivity index (χ0) is 10.8. The summed E-state index contributed by atoms with van der Waals surface area (Å²) in [7, 11) is 1.34. The van der Waals surface area contributed by atoms with Gasteiger partial charge in [-0.1, -0.05) is 15.9 Å². The van der Waals surface area contributed by atoms with Crippen molar-refractivity contribution < 1.29 is 9.53 Å². The summed E-state index contributed by atoms with van der Waals surface area (Å²) in [4.78, 5) is 19.4. The molecule has 0 amide bonds. The minimum Gasteiger partial charge on any atom is -0.465 e. The zero-order valence-corrected chi connectivity index (χ0v) is 9.48. The van der Waals surface area contributed by atoms with Crippen LogP contribution in [0, 0.1) is 0 Å². The van der Waals surface area contributed by atoms with Crippen LogP contribution in [0.4, 0.5) is 0 Å². The van der Waals surface area contributed by atoms with E-state index in [0.29, 0.717) is 11.1 Å². The summed E-state index contributed by atoms with van der Waals surface area (Å²) in [6.45, 7) is 0. The molecule has 0 saturated carbocycles. The summed E-state index contributed by atoms with van der Waals surface area (Å²) in [5, 5.41) is 0.792. The molecule has 15 heavy (non-hydrogen) atoms. The first kappa shape index (κ1) is 10.0. The monoisotopic (exact) mass is 266 g/mol. The molecule has 1 heterocycles. The highest BCUT2D eigenvalue weighted by atomic mass is 79.9. The van der Waals surface area contributed by atoms with Gasteiger partial charge in [0.2, 0.25) is 0 Å². The molecular weight excluding hydrogens is 260 g/mol. The molecule has 0 fully saturated rings. The Morgan fingerprint density at radius 1 is 1.47 bits per heavy atom. The van der Waals surface area contributed by atoms with Crippen LogP contribution in [0.3, 0.4) is 0 Å². The number of nitrogens with zero attached hydrogens (tertiary/aromatic N) is 2.